The van der Waals surface area contributed by atoms with E-state index in [0.29, 0.717) is 56.9 Å². The summed E-state index contributed by atoms with van der Waals surface area (Å²) in [5.74, 6) is -6.73. The molecule has 0 aromatic heterocycles. The Labute approximate surface area is 365 Å². The predicted octanol–water partition coefficient (Wildman–Crippen LogP) is -3.27. The van der Waals surface area contributed by atoms with Crippen LogP contribution in [0.1, 0.15) is 97.3 Å². The maximum atomic E-state index is 13.4. The van der Waals surface area contributed by atoms with Crippen molar-refractivity contribution in [3.63, 3.8) is 0 Å². The van der Waals surface area contributed by atoms with Gasteiger partial charge in [0.15, 0.2) is 0 Å². The number of fused-ring (bicyclic) bond motifs is 1. The van der Waals surface area contributed by atoms with Crippen LogP contribution < -0.4 is 65.2 Å². The first-order valence-corrected chi connectivity index (χ1v) is 22.1. The van der Waals surface area contributed by atoms with Crippen molar-refractivity contribution in [1.29, 1.82) is 0 Å². The first-order valence-electron chi connectivity index (χ1n) is 21.0. The van der Waals surface area contributed by atoms with Gasteiger partial charge < -0.3 is 59.7 Å². The SMILES string of the molecule is CC(C)CC(CC(=O)NO)C(=O)N[C@@H](CCCCN)C(=O)N[C@@H](CC(N)=O)C(=O)NCC(=O)NCC(=O)N[C@@H](CCCCNC(=O)CCCC[C@@H]1SC[C@@H]2NC(=O)N[C@@H]21)C(N)=O. The molecule has 2 heterocycles. The maximum absolute atomic E-state index is 13.4. The molecule has 24 heteroatoms. The largest absolute Gasteiger partial charge is 0.370 e. The number of unbranched alkanes of at least 4 members (excludes halogenated alkanes) is 3. The van der Waals surface area contributed by atoms with Gasteiger partial charge in [0.05, 0.1) is 31.6 Å². The summed E-state index contributed by atoms with van der Waals surface area (Å²) in [4.78, 5) is 124. The van der Waals surface area contributed by atoms with Crippen LogP contribution in [0.3, 0.4) is 0 Å². The molecule has 2 saturated heterocycles. The van der Waals surface area contributed by atoms with Crippen LogP contribution in [0.15, 0.2) is 0 Å². The summed E-state index contributed by atoms with van der Waals surface area (Å²) in [5, 5.41) is 30.0. The normalized spacial score (nSPS) is 18.4. The van der Waals surface area contributed by atoms with Crippen LogP contribution >= 0.6 is 11.8 Å². The number of carbonyl (C=O) groups is 10. The highest BCUT2D eigenvalue weighted by atomic mass is 32.2. The van der Waals surface area contributed by atoms with Crippen LogP contribution in [0, 0.1) is 11.8 Å². The number of carbonyl (C=O) groups excluding carboxylic acids is 10. The lowest BCUT2D eigenvalue weighted by atomic mass is 9.92. The Morgan fingerprint density at radius 1 is 0.726 bits per heavy atom. The molecule has 2 fully saturated rings. The molecule has 2 rings (SSSR count). The highest BCUT2D eigenvalue weighted by Crippen LogP contribution is 2.33. The predicted molar refractivity (Wildman–Crippen MR) is 226 cm³/mol. The highest BCUT2D eigenvalue weighted by Gasteiger charge is 2.42. The molecule has 1 unspecified atom stereocenters. The summed E-state index contributed by atoms with van der Waals surface area (Å²) in [6.07, 6.45) is 4.20. The summed E-state index contributed by atoms with van der Waals surface area (Å²) < 4.78 is 0. The van der Waals surface area contributed by atoms with Gasteiger partial charge in [-0.05, 0) is 70.3 Å². The van der Waals surface area contributed by atoms with E-state index in [2.05, 4.69) is 42.5 Å². The fourth-order valence-electron chi connectivity index (χ4n) is 6.98. The highest BCUT2D eigenvalue weighted by molar-refractivity contribution is 8.00. The first kappa shape index (κ1) is 52.9. The molecule has 0 bridgehead atoms. The minimum Gasteiger partial charge on any atom is -0.370 e. The van der Waals surface area contributed by atoms with E-state index < -0.39 is 90.8 Å². The fourth-order valence-corrected chi connectivity index (χ4v) is 8.53. The molecule has 2 aliphatic rings. The number of hydrogen-bond acceptors (Lipinski definition) is 13. The second-order valence-electron chi connectivity index (χ2n) is 15.9. The molecule has 0 aliphatic carbocycles. The van der Waals surface area contributed by atoms with Crippen LogP contribution in [-0.4, -0.2) is 132 Å². The van der Waals surface area contributed by atoms with Gasteiger partial charge in [-0.2, -0.15) is 11.8 Å². The third kappa shape index (κ3) is 20.6. The third-order valence-corrected chi connectivity index (χ3v) is 11.7. The van der Waals surface area contributed by atoms with Crippen LogP contribution in [0.4, 0.5) is 4.79 Å². The third-order valence-electron chi connectivity index (χ3n) is 10.2. The molecule has 0 radical (unpaired) electrons. The van der Waals surface area contributed by atoms with Gasteiger partial charge in [-0.3, -0.25) is 48.4 Å². The molecule has 16 N–H and O–H groups in total. The molecular weight excluding hydrogens is 833 g/mol. The summed E-state index contributed by atoms with van der Waals surface area (Å²) in [5.41, 5.74) is 17.9. The van der Waals surface area contributed by atoms with Gasteiger partial charge in [-0.1, -0.05) is 20.3 Å². The second-order valence-corrected chi connectivity index (χ2v) is 17.1. The van der Waals surface area contributed by atoms with Crippen LogP contribution in [-0.2, 0) is 43.2 Å². The van der Waals surface area contributed by atoms with E-state index in [1.807, 2.05) is 25.6 Å². The van der Waals surface area contributed by atoms with Gasteiger partial charge in [0.25, 0.3) is 0 Å². The summed E-state index contributed by atoms with van der Waals surface area (Å²) in [6, 6.07) is -3.66. The molecule has 23 nitrogen and oxygen atoms in total. The van der Waals surface area contributed by atoms with Crippen molar-refractivity contribution in [2.24, 2.45) is 29.0 Å². The van der Waals surface area contributed by atoms with Crippen molar-refractivity contribution in [2.45, 2.75) is 133 Å². The van der Waals surface area contributed by atoms with Gasteiger partial charge in [0.1, 0.15) is 18.1 Å². The van der Waals surface area contributed by atoms with Crippen molar-refractivity contribution < 1.29 is 53.2 Å². The van der Waals surface area contributed by atoms with Crippen molar-refractivity contribution in [3.05, 3.63) is 0 Å². The number of nitrogens with two attached hydrogens (primary N) is 3. The molecule has 0 aromatic carbocycles. The topological polar surface area (TPSA) is 377 Å². The van der Waals surface area contributed by atoms with E-state index in [9.17, 15) is 47.9 Å². The van der Waals surface area contributed by atoms with Crippen LogP contribution in [0.5, 0.6) is 0 Å². The summed E-state index contributed by atoms with van der Waals surface area (Å²) in [7, 11) is 0. The number of rotatable bonds is 31. The fraction of sp³-hybridized carbons (Fsp3) is 0.737. The Kier molecular flexibility index (Phi) is 24.2. The lowest BCUT2D eigenvalue weighted by Crippen LogP contribution is -2.56. The molecule has 11 amide bonds. The zero-order valence-corrected chi connectivity index (χ0v) is 36.3. The number of primary amides is 2. The minimum absolute atomic E-state index is 0.0205. The van der Waals surface area contributed by atoms with E-state index in [-0.39, 0.29) is 55.6 Å². The minimum atomic E-state index is -1.56. The van der Waals surface area contributed by atoms with E-state index >= 15 is 0 Å². The number of urea groups is 1. The Bertz CT molecular complexity index is 1570. The maximum Gasteiger partial charge on any atom is 0.315 e. The van der Waals surface area contributed by atoms with Crippen molar-refractivity contribution in [3.8, 4) is 0 Å². The standard InChI is InChI=1S/C38H66N12O11S/c1-21(2)15-22(16-30(53)50-61)35(57)46-24(10-5-7-13-39)37(59)47-25(17-28(40)51)36(58)44-18-31(54)43-19-32(55)45-23(34(41)56)9-6-8-14-42-29(52)12-4-3-11-27-33-26(20-62-27)48-38(60)49-33/h21-27,33,61H,3-20,39H2,1-2H3,(H2,40,51)(H2,41,56)(H,42,52)(H,43,54)(H,44,58)(H,45,55)(H,46,57)(H,47,59)(H,50,53)(H2,48,49,60)/t22?,23-,24-,25-,26-,27-,33-/m0/s1. The Balaban J connectivity index is 1.77. The quantitative estimate of drug-likeness (QED) is 0.0141. The Morgan fingerprint density at radius 2 is 1.40 bits per heavy atom. The molecule has 62 heavy (non-hydrogen) atoms. The number of hydrogen-bond donors (Lipinski definition) is 13. The first-order chi connectivity index (χ1) is 29.4. The summed E-state index contributed by atoms with van der Waals surface area (Å²) >= 11 is 1.83. The van der Waals surface area contributed by atoms with E-state index in [1.165, 1.54) is 5.48 Å². The average molecular weight is 899 g/mol. The van der Waals surface area contributed by atoms with E-state index in [1.54, 1.807) is 0 Å². The molecule has 350 valence electrons. The molecule has 0 spiro atoms. The monoisotopic (exact) mass is 898 g/mol. The lowest BCUT2D eigenvalue weighted by molar-refractivity contribution is -0.137. The molecular formula is C38H66N12O11S. The van der Waals surface area contributed by atoms with Gasteiger partial charge in [0, 0.05) is 36.3 Å². The van der Waals surface area contributed by atoms with Crippen molar-refractivity contribution in [1.82, 2.24) is 48.0 Å². The zero-order chi connectivity index (χ0) is 46.2. The molecule has 0 saturated carbocycles. The second kappa shape index (κ2) is 28.4. The smallest absolute Gasteiger partial charge is 0.315 e. The van der Waals surface area contributed by atoms with Gasteiger partial charge in [-0.25, -0.2) is 10.3 Å². The molecule has 0 aromatic rings. The van der Waals surface area contributed by atoms with Crippen molar-refractivity contribution >= 4 is 71.0 Å². The number of amides is 11. The zero-order valence-electron chi connectivity index (χ0n) is 35.5. The van der Waals surface area contributed by atoms with Gasteiger partial charge >= 0.3 is 6.03 Å². The molecule has 2 aliphatic heterocycles. The van der Waals surface area contributed by atoms with E-state index in [4.69, 9.17) is 22.4 Å². The molecule has 7 atom stereocenters. The lowest BCUT2D eigenvalue weighted by Gasteiger charge is -2.25. The number of thioether (sulfide) groups is 1. The number of nitrogens with one attached hydrogen (secondary N) is 9. The summed E-state index contributed by atoms with van der Waals surface area (Å²) in [6.45, 7) is 3.05. The van der Waals surface area contributed by atoms with E-state index in [0.717, 1.165) is 18.6 Å². The Morgan fingerprint density at radius 3 is 2.06 bits per heavy atom. The van der Waals surface area contributed by atoms with Gasteiger partial charge in [-0.15, -0.1) is 0 Å². The number of hydroxylamine groups is 1. The van der Waals surface area contributed by atoms with Crippen LogP contribution in [0.25, 0.3) is 0 Å². The van der Waals surface area contributed by atoms with Crippen molar-refractivity contribution in [2.75, 3.05) is 31.9 Å². The van der Waals surface area contributed by atoms with Crippen LogP contribution in [0.2, 0.25) is 0 Å². The Hall–Kier alpha value is -5.23. The average Bonchev–Trinajstić information content (AvgIpc) is 3.77. The van der Waals surface area contributed by atoms with Gasteiger partial charge in [0.2, 0.25) is 53.2 Å².